The maximum Gasteiger partial charge on any atom is 0.303 e. The van der Waals surface area contributed by atoms with Crippen molar-refractivity contribution in [2.75, 3.05) is 18.0 Å². The molecule has 0 fully saturated rings. The predicted molar refractivity (Wildman–Crippen MR) is 173 cm³/mol. The van der Waals surface area contributed by atoms with Gasteiger partial charge >= 0.3 is 5.97 Å². The molecule has 7 nitrogen and oxygen atoms in total. The maximum absolute atomic E-state index is 11.9. The number of unbranched alkanes of at least 4 members (excludes halogenated alkanes) is 2. The first-order chi connectivity index (χ1) is 20.4. The van der Waals surface area contributed by atoms with Gasteiger partial charge in [-0.3, -0.25) is 9.35 Å². The molecule has 1 atom stereocenters. The van der Waals surface area contributed by atoms with Crippen LogP contribution in [0.15, 0.2) is 83.4 Å². The molecule has 0 saturated heterocycles. The molecule has 0 saturated carbocycles. The molecule has 0 radical (unpaired) electrons. The third-order valence-electron chi connectivity index (χ3n) is 8.88. The van der Waals surface area contributed by atoms with Gasteiger partial charge in [-0.2, -0.15) is 13.0 Å². The summed E-state index contributed by atoms with van der Waals surface area (Å²) in [7, 11) is -4.34. The first-order valence-corrected chi connectivity index (χ1v) is 16.7. The lowest BCUT2D eigenvalue weighted by Crippen LogP contribution is -2.28. The van der Waals surface area contributed by atoms with Crippen molar-refractivity contribution in [1.82, 2.24) is 0 Å². The number of carbonyl (C=O) groups is 1. The second-order valence-corrected chi connectivity index (χ2v) is 13.6. The molecule has 2 aliphatic heterocycles. The quantitative estimate of drug-likeness (QED) is 0.106. The Balaban J connectivity index is 1.65. The van der Waals surface area contributed by atoms with Crippen LogP contribution in [0, 0.1) is 0 Å². The zero-order chi connectivity index (χ0) is 31.4. The largest absolute Gasteiger partial charge is 0.481 e. The van der Waals surface area contributed by atoms with E-state index in [0.717, 1.165) is 49.2 Å². The van der Waals surface area contributed by atoms with Gasteiger partial charge in [0.1, 0.15) is 6.54 Å². The van der Waals surface area contributed by atoms with E-state index in [4.69, 9.17) is 5.11 Å². The molecule has 4 rings (SSSR count). The highest BCUT2D eigenvalue weighted by Crippen LogP contribution is 2.50. The van der Waals surface area contributed by atoms with Gasteiger partial charge in [-0.15, -0.1) is 0 Å². The molecule has 0 aliphatic carbocycles. The topological polar surface area (TPSA) is 97.9 Å². The fraction of sp³-hybridized carbons (Fsp3) is 0.429. The number of nitrogens with zero attached hydrogens (tertiary/aromatic N) is 2. The van der Waals surface area contributed by atoms with Gasteiger partial charge in [-0.1, -0.05) is 49.8 Å². The first kappa shape index (κ1) is 32.4. The van der Waals surface area contributed by atoms with Crippen LogP contribution in [0.5, 0.6) is 0 Å². The van der Waals surface area contributed by atoms with Crippen LogP contribution in [0.25, 0.3) is 0 Å². The first-order valence-electron chi connectivity index (χ1n) is 15.3. The molecule has 43 heavy (non-hydrogen) atoms. The normalized spacial score (nSPS) is 20.5. The average Bonchev–Trinajstić information content (AvgIpc) is 3.31. The highest BCUT2D eigenvalue weighted by Gasteiger charge is 2.45. The summed E-state index contributed by atoms with van der Waals surface area (Å²) in [4.78, 5) is 13.2. The number of carboxylic acids is 1. The second kappa shape index (κ2) is 13.0. The van der Waals surface area contributed by atoms with Crippen LogP contribution in [0.4, 0.5) is 11.4 Å². The van der Waals surface area contributed by atoms with Crippen molar-refractivity contribution < 1.29 is 27.4 Å². The summed E-state index contributed by atoms with van der Waals surface area (Å²) in [5, 5.41) is 8.99. The maximum atomic E-state index is 11.9. The van der Waals surface area contributed by atoms with Crippen LogP contribution >= 0.6 is 0 Å². The van der Waals surface area contributed by atoms with Crippen LogP contribution in [-0.2, 0) is 25.7 Å². The van der Waals surface area contributed by atoms with Crippen molar-refractivity contribution in [3.63, 3.8) is 0 Å². The van der Waals surface area contributed by atoms with E-state index >= 15 is 0 Å². The molecule has 2 aromatic carbocycles. The van der Waals surface area contributed by atoms with Gasteiger partial charge in [-0.05, 0) is 76.8 Å². The highest BCUT2D eigenvalue weighted by molar-refractivity contribution is 7.85. The van der Waals surface area contributed by atoms with Crippen LogP contribution in [0.1, 0.15) is 84.3 Å². The number of fused-ring (bicyclic) bond motifs is 2. The molecule has 2 aromatic rings. The standard InChI is InChI=1S/C35H44N2O5S/c1-6-23-35(5)27-16-13-14-17-29(27)36(7-2)32(35)19-11-8-10-18-31-34(3,4)28-25-26(43(40,41)42)21-22-30(28)37(31)24-15-9-12-20-33(38)39/h8,10-11,13-14,16-19,21-22,25H,6-7,9,12,15,20,23-24H2,1-5H3,(H-,38,39,40,41,42)/p+1. The number of hydrogen-bond donors (Lipinski definition) is 2. The Morgan fingerprint density at radius 1 is 0.977 bits per heavy atom. The summed E-state index contributed by atoms with van der Waals surface area (Å²) in [5.41, 5.74) is 6.14. The number of hydrogen-bond acceptors (Lipinski definition) is 4. The number of para-hydroxylation sites is 1. The third-order valence-corrected chi connectivity index (χ3v) is 9.73. The SMILES string of the molecule is CCCC1(C)/C(=C\C=CC=CC2=[N+](CCCCCC(=O)O)c3ccc(S(=O)(=O)O)cc3C2(C)C)N(CC)c2ccccc21. The molecule has 0 bridgehead atoms. The molecule has 230 valence electrons. The van der Waals surface area contributed by atoms with Crippen molar-refractivity contribution in [3.8, 4) is 0 Å². The van der Waals surface area contributed by atoms with Gasteiger partial charge in [0, 0.05) is 53.9 Å². The number of carboxylic acid groups (broad SMARTS) is 1. The second-order valence-electron chi connectivity index (χ2n) is 12.2. The lowest BCUT2D eigenvalue weighted by Gasteiger charge is -2.29. The number of likely N-dealkylation sites (N-methyl/N-ethyl adjacent to an activating group) is 1. The number of allylic oxidation sites excluding steroid dienone is 6. The van der Waals surface area contributed by atoms with Gasteiger partial charge < -0.3 is 10.0 Å². The van der Waals surface area contributed by atoms with E-state index in [-0.39, 0.29) is 16.7 Å². The Bertz CT molecular complexity index is 1600. The Labute approximate surface area is 256 Å². The van der Waals surface area contributed by atoms with Crippen molar-refractivity contribution in [3.05, 3.63) is 89.7 Å². The van der Waals surface area contributed by atoms with E-state index in [1.54, 1.807) is 12.1 Å². The Morgan fingerprint density at radius 2 is 1.72 bits per heavy atom. The Morgan fingerprint density at radius 3 is 2.40 bits per heavy atom. The van der Waals surface area contributed by atoms with E-state index < -0.39 is 21.5 Å². The fourth-order valence-corrected chi connectivity index (χ4v) is 7.26. The monoisotopic (exact) mass is 605 g/mol. The van der Waals surface area contributed by atoms with E-state index in [2.05, 4.69) is 86.6 Å². The summed E-state index contributed by atoms with van der Waals surface area (Å²) in [5.74, 6) is -0.791. The van der Waals surface area contributed by atoms with E-state index in [0.29, 0.717) is 13.0 Å². The number of anilines is 1. The molecular weight excluding hydrogens is 560 g/mol. The summed E-state index contributed by atoms with van der Waals surface area (Å²) in [6, 6.07) is 13.4. The van der Waals surface area contributed by atoms with Crippen LogP contribution in [0.2, 0.25) is 0 Å². The molecule has 0 amide bonds. The molecule has 2 aliphatic rings. The van der Waals surface area contributed by atoms with Crippen LogP contribution < -0.4 is 4.90 Å². The number of rotatable bonds is 13. The predicted octanol–water partition coefficient (Wildman–Crippen LogP) is 7.55. The summed E-state index contributed by atoms with van der Waals surface area (Å²) in [6.45, 7) is 12.4. The molecule has 0 aromatic heterocycles. The molecule has 1 unspecified atom stereocenters. The number of aliphatic carboxylic acids is 1. The lowest BCUT2D eigenvalue weighted by molar-refractivity contribution is -0.438. The van der Waals surface area contributed by atoms with Crippen LogP contribution in [0.3, 0.4) is 0 Å². The zero-order valence-electron chi connectivity index (χ0n) is 26.0. The van der Waals surface area contributed by atoms with Crippen molar-refractivity contribution >= 4 is 33.2 Å². The minimum absolute atomic E-state index is 0.0541. The highest BCUT2D eigenvalue weighted by atomic mass is 32.2. The zero-order valence-corrected chi connectivity index (χ0v) is 26.8. The van der Waals surface area contributed by atoms with Gasteiger partial charge in [0.05, 0.1) is 10.3 Å². The van der Waals surface area contributed by atoms with Gasteiger partial charge in [0.2, 0.25) is 5.69 Å². The van der Waals surface area contributed by atoms with E-state index in [9.17, 15) is 17.8 Å². The Hall–Kier alpha value is -3.49. The summed E-state index contributed by atoms with van der Waals surface area (Å²) >= 11 is 0. The van der Waals surface area contributed by atoms with Gasteiger partial charge in [0.25, 0.3) is 10.1 Å². The van der Waals surface area contributed by atoms with Crippen molar-refractivity contribution in [1.29, 1.82) is 0 Å². The molecule has 8 heteroatoms. The van der Waals surface area contributed by atoms with Gasteiger partial charge in [-0.25, -0.2) is 0 Å². The molecule has 2 N–H and O–H groups in total. The molecular formula is C35H45N2O5S+. The fourth-order valence-electron chi connectivity index (χ4n) is 6.75. The summed E-state index contributed by atoms with van der Waals surface area (Å²) in [6.07, 6.45) is 14.9. The smallest absolute Gasteiger partial charge is 0.303 e. The minimum Gasteiger partial charge on any atom is -0.481 e. The average molecular weight is 606 g/mol. The lowest BCUT2D eigenvalue weighted by atomic mass is 9.77. The van der Waals surface area contributed by atoms with Crippen molar-refractivity contribution in [2.24, 2.45) is 0 Å². The third kappa shape index (κ3) is 6.55. The minimum atomic E-state index is -4.34. The van der Waals surface area contributed by atoms with E-state index in [1.807, 2.05) is 12.2 Å². The Kier molecular flexibility index (Phi) is 9.82. The van der Waals surface area contributed by atoms with Gasteiger partial charge in [0.15, 0.2) is 5.71 Å². The molecule has 2 heterocycles. The van der Waals surface area contributed by atoms with Crippen molar-refractivity contribution in [2.45, 2.75) is 88.9 Å². The number of benzene rings is 2. The molecule has 0 spiro atoms. The van der Waals surface area contributed by atoms with E-state index in [1.165, 1.54) is 23.0 Å². The van der Waals surface area contributed by atoms with Crippen LogP contribution in [-0.4, -0.2) is 47.4 Å². The summed E-state index contributed by atoms with van der Waals surface area (Å²) < 4.78 is 35.7.